The SMILES string of the molecule is CCC(C)(CO)NC(=O)Nc1cc(C(F)(F)F)ccc1C. The first kappa shape index (κ1) is 17.3. The number of anilines is 1. The number of nitrogens with one attached hydrogen (secondary N) is 2. The molecule has 1 aromatic rings. The van der Waals surface area contributed by atoms with Crippen molar-refractivity contribution in [2.75, 3.05) is 11.9 Å². The molecule has 1 rings (SSSR count). The molecule has 21 heavy (non-hydrogen) atoms. The first-order chi connectivity index (χ1) is 9.61. The van der Waals surface area contributed by atoms with E-state index in [1.165, 1.54) is 6.07 Å². The summed E-state index contributed by atoms with van der Waals surface area (Å²) >= 11 is 0. The maximum atomic E-state index is 12.7. The van der Waals surface area contributed by atoms with Gasteiger partial charge in [-0.3, -0.25) is 0 Å². The van der Waals surface area contributed by atoms with Crippen LogP contribution in [0, 0.1) is 6.92 Å². The van der Waals surface area contributed by atoms with Gasteiger partial charge < -0.3 is 15.7 Å². The van der Waals surface area contributed by atoms with Crippen LogP contribution in [0.25, 0.3) is 0 Å². The quantitative estimate of drug-likeness (QED) is 0.799. The van der Waals surface area contributed by atoms with E-state index < -0.39 is 23.3 Å². The molecule has 2 amide bonds. The van der Waals surface area contributed by atoms with Gasteiger partial charge in [0, 0.05) is 5.69 Å². The Morgan fingerprint density at radius 2 is 1.95 bits per heavy atom. The van der Waals surface area contributed by atoms with Crippen molar-refractivity contribution < 1.29 is 23.1 Å². The van der Waals surface area contributed by atoms with Gasteiger partial charge >= 0.3 is 12.2 Å². The molecule has 1 aromatic carbocycles. The van der Waals surface area contributed by atoms with Gasteiger partial charge in [0.2, 0.25) is 0 Å². The number of aryl methyl sites for hydroxylation is 1. The smallest absolute Gasteiger partial charge is 0.394 e. The van der Waals surface area contributed by atoms with Crippen LogP contribution in [-0.2, 0) is 6.18 Å². The first-order valence-electron chi connectivity index (χ1n) is 6.49. The number of urea groups is 1. The maximum absolute atomic E-state index is 12.7. The molecule has 0 bridgehead atoms. The van der Waals surface area contributed by atoms with Crippen molar-refractivity contribution in [3.63, 3.8) is 0 Å². The summed E-state index contributed by atoms with van der Waals surface area (Å²) in [6.45, 7) is 4.76. The third kappa shape index (κ3) is 4.63. The third-order valence-corrected chi connectivity index (χ3v) is 3.36. The predicted molar refractivity (Wildman–Crippen MR) is 74.1 cm³/mol. The van der Waals surface area contributed by atoms with Crippen molar-refractivity contribution in [3.05, 3.63) is 29.3 Å². The largest absolute Gasteiger partial charge is 0.416 e. The van der Waals surface area contributed by atoms with Crippen molar-refractivity contribution in [1.29, 1.82) is 0 Å². The van der Waals surface area contributed by atoms with Crippen LogP contribution in [0.5, 0.6) is 0 Å². The number of carbonyl (C=O) groups is 1. The molecular weight excluding hydrogens is 285 g/mol. The number of halogens is 3. The molecule has 7 heteroatoms. The number of hydrogen-bond donors (Lipinski definition) is 3. The minimum Gasteiger partial charge on any atom is -0.394 e. The van der Waals surface area contributed by atoms with Gasteiger partial charge in [0.25, 0.3) is 0 Å². The molecule has 3 N–H and O–H groups in total. The van der Waals surface area contributed by atoms with Crippen molar-refractivity contribution >= 4 is 11.7 Å². The molecule has 1 atom stereocenters. The Kier molecular flexibility index (Phi) is 5.22. The Hall–Kier alpha value is -1.76. The Morgan fingerprint density at radius 3 is 2.43 bits per heavy atom. The average molecular weight is 304 g/mol. The number of aliphatic hydroxyl groups excluding tert-OH is 1. The minimum absolute atomic E-state index is 0.0821. The molecule has 0 aromatic heterocycles. The van der Waals surface area contributed by atoms with Crippen LogP contribution in [-0.4, -0.2) is 23.3 Å². The zero-order valence-corrected chi connectivity index (χ0v) is 12.1. The predicted octanol–water partition coefficient (Wildman–Crippen LogP) is 3.30. The summed E-state index contributed by atoms with van der Waals surface area (Å²) in [5.74, 6) is 0. The molecule has 1 unspecified atom stereocenters. The second-order valence-electron chi connectivity index (χ2n) is 5.18. The Balaban J connectivity index is 2.90. The van der Waals surface area contributed by atoms with Gasteiger partial charge in [-0.15, -0.1) is 0 Å². The lowest BCUT2D eigenvalue weighted by molar-refractivity contribution is -0.137. The van der Waals surface area contributed by atoms with Crippen LogP contribution in [0.4, 0.5) is 23.7 Å². The Bertz CT molecular complexity index is 511. The van der Waals surface area contributed by atoms with Gasteiger partial charge in [0.15, 0.2) is 0 Å². The number of hydrogen-bond acceptors (Lipinski definition) is 2. The van der Waals surface area contributed by atoms with Gasteiger partial charge in [-0.25, -0.2) is 4.79 Å². The summed E-state index contributed by atoms with van der Waals surface area (Å²) in [7, 11) is 0. The van der Waals surface area contributed by atoms with E-state index >= 15 is 0 Å². The van der Waals surface area contributed by atoms with Crippen LogP contribution >= 0.6 is 0 Å². The minimum atomic E-state index is -4.47. The molecule has 0 heterocycles. The molecule has 0 aliphatic carbocycles. The zero-order valence-electron chi connectivity index (χ0n) is 12.1. The standard InChI is InChI=1S/C14H19F3N2O2/c1-4-13(3,8-20)19-12(21)18-11-7-10(14(15,16)17)6-5-9(11)2/h5-7,20H,4,8H2,1-3H3,(H2,18,19,21). The first-order valence-corrected chi connectivity index (χ1v) is 6.49. The lowest BCUT2D eigenvalue weighted by Crippen LogP contribution is -2.50. The second kappa shape index (κ2) is 6.34. The summed E-state index contributed by atoms with van der Waals surface area (Å²) in [6, 6.07) is 2.49. The number of amides is 2. The van der Waals surface area contributed by atoms with Gasteiger partial charge in [0.1, 0.15) is 0 Å². The van der Waals surface area contributed by atoms with E-state index in [1.54, 1.807) is 20.8 Å². The van der Waals surface area contributed by atoms with Crippen molar-refractivity contribution in [2.24, 2.45) is 0 Å². The molecule has 0 saturated carbocycles. The number of carbonyl (C=O) groups excluding carboxylic acids is 1. The fourth-order valence-corrected chi connectivity index (χ4v) is 1.60. The second-order valence-corrected chi connectivity index (χ2v) is 5.18. The molecule has 0 saturated heterocycles. The normalized spacial score (nSPS) is 14.4. The monoisotopic (exact) mass is 304 g/mol. The molecule has 0 radical (unpaired) electrons. The Morgan fingerprint density at radius 1 is 1.33 bits per heavy atom. The highest BCUT2D eigenvalue weighted by molar-refractivity contribution is 5.90. The van der Waals surface area contributed by atoms with Gasteiger partial charge in [-0.1, -0.05) is 13.0 Å². The van der Waals surface area contributed by atoms with E-state index in [2.05, 4.69) is 10.6 Å². The summed E-state index contributed by atoms with van der Waals surface area (Å²) in [4.78, 5) is 11.8. The summed E-state index contributed by atoms with van der Waals surface area (Å²) < 4.78 is 38.0. The van der Waals surface area contributed by atoms with Gasteiger partial charge in [-0.05, 0) is 38.0 Å². The van der Waals surface area contributed by atoms with E-state index in [0.717, 1.165) is 12.1 Å². The molecule has 0 aliphatic rings. The van der Waals surface area contributed by atoms with Crippen molar-refractivity contribution in [1.82, 2.24) is 5.32 Å². The number of benzene rings is 1. The molecule has 0 spiro atoms. The highest BCUT2D eigenvalue weighted by atomic mass is 19.4. The van der Waals surface area contributed by atoms with Gasteiger partial charge in [-0.2, -0.15) is 13.2 Å². The maximum Gasteiger partial charge on any atom is 0.416 e. The highest BCUT2D eigenvalue weighted by Gasteiger charge is 2.31. The fourth-order valence-electron chi connectivity index (χ4n) is 1.60. The topological polar surface area (TPSA) is 61.4 Å². The molecule has 0 fully saturated rings. The van der Waals surface area contributed by atoms with Crippen LogP contribution in [0.3, 0.4) is 0 Å². The van der Waals surface area contributed by atoms with E-state index in [1.807, 2.05) is 0 Å². The summed E-state index contributed by atoms with van der Waals surface area (Å²) in [5.41, 5.74) is -1.05. The molecule has 0 aliphatic heterocycles. The zero-order chi connectivity index (χ0) is 16.3. The number of alkyl halides is 3. The van der Waals surface area contributed by atoms with Crippen molar-refractivity contribution in [3.8, 4) is 0 Å². The summed E-state index contributed by atoms with van der Waals surface area (Å²) in [6.07, 6.45) is -3.98. The Labute approximate surface area is 121 Å². The average Bonchev–Trinajstić information content (AvgIpc) is 2.39. The van der Waals surface area contributed by atoms with Gasteiger partial charge in [0.05, 0.1) is 17.7 Å². The van der Waals surface area contributed by atoms with E-state index in [4.69, 9.17) is 0 Å². The van der Waals surface area contributed by atoms with E-state index in [-0.39, 0.29) is 12.3 Å². The number of aliphatic hydroxyl groups is 1. The van der Waals surface area contributed by atoms with Crippen LogP contribution in [0.1, 0.15) is 31.4 Å². The molecular formula is C14H19F3N2O2. The lowest BCUT2D eigenvalue weighted by Gasteiger charge is -2.27. The van der Waals surface area contributed by atoms with E-state index in [9.17, 15) is 23.1 Å². The van der Waals surface area contributed by atoms with Crippen LogP contribution in [0.15, 0.2) is 18.2 Å². The van der Waals surface area contributed by atoms with E-state index in [0.29, 0.717) is 12.0 Å². The van der Waals surface area contributed by atoms with Crippen LogP contribution in [0.2, 0.25) is 0 Å². The summed E-state index contributed by atoms with van der Waals surface area (Å²) in [5, 5.41) is 14.1. The molecule has 4 nitrogen and oxygen atoms in total. The molecule has 118 valence electrons. The fraction of sp³-hybridized carbons (Fsp3) is 0.500. The number of rotatable bonds is 4. The van der Waals surface area contributed by atoms with Crippen LogP contribution < -0.4 is 10.6 Å². The highest BCUT2D eigenvalue weighted by Crippen LogP contribution is 2.32. The van der Waals surface area contributed by atoms with Crippen molar-refractivity contribution in [2.45, 2.75) is 38.9 Å². The third-order valence-electron chi connectivity index (χ3n) is 3.36. The lowest BCUT2D eigenvalue weighted by atomic mass is 10.0.